The molecular formula is C12H10F2N2S. The molecule has 1 heterocycles. The minimum absolute atomic E-state index is 0.166. The van der Waals surface area contributed by atoms with E-state index in [9.17, 15) is 8.78 Å². The van der Waals surface area contributed by atoms with Crippen molar-refractivity contribution in [3.8, 4) is 11.3 Å². The summed E-state index contributed by atoms with van der Waals surface area (Å²) < 4.78 is 27.2. The van der Waals surface area contributed by atoms with E-state index in [4.69, 9.17) is 12.2 Å². The molecule has 0 fully saturated rings. The Bertz CT molecular complexity index is 635. The van der Waals surface area contributed by atoms with Crippen molar-refractivity contribution >= 4 is 12.2 Å². The average molecular weight is 252 g/mol. The van der Waals surface area contributed by atoms with Gasteiger partial charge in [0.25, 0.3) is 0 Å². The number of nitrogens with one attached hydrogen (secondary N) is 1. The Balaban J connectivity index is 2.76. The van der Waals surface area contributed by atoms with Crippen LogP contribution in [0.25, 0.3) is 11.3 Å². The van der Waals surface area contributed by atoms with Crippen LogP contribution >= 0.6 is 12.2 Å². The molecule has 0 radical (unpaired) electrons. The number of nitrogens with zero attached hydrogens (tertiary/aromatic N) is 1. The smallest absolute Gasteiger partial charge is 0.133 e. The number of hydrogen-bond acceptors (Lipinski definition) is 2. The number of aromatic nitrogens is 2. The molecule has 2 nitrogen and oxygen atoms in total. The van der Waals surface area contributed by atoms with Crippen LogP contribution in [-0.2, 0) is 0 Å². The zero-order valence-corrected chi connectivity index (χ0v) is 10.2. The summed E-state index contributed by atoms with van der Waals surface area (Å²) in [6.07, 6.45) is 0. The van der Waals surface area contributed by atoms with Gasteiger partial charge in [0.1, 0.15) is 22.1 Å². The lowest BCUT2D eigenvalue weighted by Gasteiger charge is -2.08. The molecule has 88 valence electrons. The van der Waals surface area contributed by atoms with Gasteiger partial charge in [-0.3, -0.25) is 0 Å². The SMILES string of the molecule is Cc1nc(=S)c(C)c(-c2cc(F)ccc2F)[nH]1. The van der Waals surface area contributed by atoms with E-state index < -0.39 is 11.6 Å². The highest BCUT2D eigenvalue weighted by molar-refractivity contribution is 7.71. The number of rotatable bonds is 1. The fraction of sp³-hybridized carbons (Fsp3) is 0.167. The molecule has 2 rings (SSSR count). The maximum Gasteiger partial charge on any atom is 0.133 e. The van der Waals surface area contributed by atoms with E-state index in [1.165, 1.54) is 0 Å². The van der Waals surface area contributed by atoms with Gasteiger partial charge in [0, 0.05) is 11.1 Å². The minimum atomic E-state index is -0.495. The lowest BCUT2D eigenvalue weighted by Crippen LogP contribution is -1.98. The normalized spacial score (nSPS) is 10.6. The molecule has 2 aromatic rings. The molecule has 17 heavy (non-hydrogen) atoms. The molecule has 0 aliphatic carbocycles. The number of hydrogen-bond donors (Lipinski definition) is 1. The van der Waals surface area contributed by atoms with Crippen molar-refractivity contribution in [2.45, 2.75) is 13.8 Å². The van der Waals surface area contributed by atoms with Gasteiger partial charge in [0.05, 0.1) is 5.69 Å². The Morgan fingerprint density at radius 2 is 1.94 bits per heavy atom. The summed E-state index contributed by atoms with van der Waals surface area (Å²) in [5.41, 5.74) is 1.27. The van der Waals surface area contributed by atoms with Gasteiger partial charge in [-0.1, -0.05) is 12.2 Å². The molecule has 0 spiro atoms. The molecule has 0 aliphatic rings. The Labute approximate surface area is 102 Å². The van der Waals surface area contributed by atoms with Crippen molar-refractivity contribution < 1.29 is 8.78 Å². The fourth-order valence-corrected chi connectivity index (χ4v) is 1.84. The van der Waals surface area contributed by atoms with E-state index in [1.54, 1.807) is 13.8 Å². The third-order valence-corrected chi connectivity index (χ3v) is 2.87. The number of benzene rings is 1. The maximum absolute atomic E-state index is 13.7. The van der Waals surface area contributed by atoms with E-state index in [-0.39, 0.29) is 5.56 Å². The maximum atomic E-state index is 13.7. The van der Waals surface area contributed by atoms with Gasteiger partial charge in [-0.05, 0) is 32.0 Å². The van der Waals surface area contributed by atoms with E-state index in [0.29, 0.717) is 21.7 Å². The van der Waals surface area contributed by atoms with Gasteiger partial charge >= 0.3 is 0 Å². The highest BCUT2D eigenvalue weighted by Crippen LogP contribution is 2.25. The Hall–Kier alpha value is -1.62. The molecule has 0 saturated carbocycles. The number of H-pyrrole nitrogens is 1. The standard InChI is InChI=1S/C12H10F2N2S/c1-6-11(15-7(2)16-12(6)17)9-5-8(13)3-4-10(9)14/h3-5H,1-2H3,(H,15,16,17). The first-order valence-electron chi connectivity index (χ1n) is 5.02. The highest BCUT2D eigenvalue weighted by atomic mass is 32.1. The predicted molar refractivity (Wildman–Crippen MR) is 64.2 cm³/mol. The summed E-state index contributed by atoms with van der Waals surface area (Å²) in [6, 6.07) is 3.32. The van der Waals surface area contributed by atoms with Gasteiger partial charge in [-0.25, -0.2) is 13.8 Å². The Morgan fingerprint density at radius 3 is 2.65 bits per heavy atom. The van der Waals surface area contributed by atoms with Gasteiger partial charge in [0.2, 0.25) is 0 Å². The molecule has 0 amide bonds. The van der Waals surface area contributed by atoms with Crippen molar-refractivity contribution in [3.05, 3.63) is 45.9 Å². The second kappa shape index (κ2) is 4.33. The van der Waals surface area contributed by atoms with Crippen LogP contribution in [0.3, 0.4) is 0 Å². The summed E-state index contributed by atoms with van der Waals surface area (Å²) in [4.78, 5) is 6.97. The van der Waals surface area contributed by atoms with E-state index >= 15 is 0 Å². The molecule has 0 atom stereocenters. The number of halogens is 2. The van der Waals surface area contributed by atoms with Crippen molar-refractivity contribution in [1.29, 1.82) is 0 Å². The molecule has 0 bridgehead atoms. The van der Waals surface area contributed by atoms with Crippen LogP contribution in [0, 0.1) is 30.1 Å². The predicted octanol–water partition coefficient (Wildman–Crippen LogP) is 3.70. The summed E-state index contributed by atoms with van der Waals surface area (Å²) in [5.74, 6) is -0.417. The Kier molecular flexibility index (Phi) is 3.02. The van der Waals surface area contributed by atoms with E-state index in [2.05, 4.69) is 9.97 Å². The van der Waals surface area contributed by atoms with Crippen molar-refractivity contribution in [2.24, 2.45) is 0 Å². The summed E-state index contributed by atoms with van der Waals surface area (Å²) in [5, 5.41) is 0. The monoisotopic (exact) mass is 252 g/mol. The first kappa shape index (κ1) is 11.9. The highest BCUT2D eigenvalue weighted by Gasteiger charge is 2.11. The van der Waals surface area contributed by atoms with Crippen LogP contribution in [-0.4, -0.2) is 9.97 Å². The Morgan fingerprint density at radius 1 is 1.24 bits per heavy atom. The summed E-state index contributed by atoms with van der Waals surface area (Å²) in [7, 11) is 0. The number of aryl methyl sites for hydroxylation is 1. The summed E-state index contributed by atoms with van der Waals surface area (Å²) in [6.45, 7) is 3.45. The van der Waals surface area contributed by atoms with E-state index in [1.807, 2.05) is 0 Å². The average Bonchev–Trinajstić information content (AvgIpc) is 2.27. The van der Waals surface area contributed by atoms with Crippen LogP contribution in [0.4, 0.5) is 8.78 Å². The van der Waals surface area contributed by atoms with Gasteiger partial charge < -0.3 is 4.98 Å². The first-order chi connectivity index (χ1) is 7.99. The largest absolute Gasteiger partial charge is 0.343 e. The molecule has 5 heteroatoms. The number of aromatic amines is 1. The quantitative estimate of drug-likeness (QED) is 0.784. The first-order valence-corrected chi connectivity index (χ1v) is 5.43. The molecule has 0 aliphatic heterocycles. The molecule has 0 saturated heterocycles. The lowest BCUT2D eigenvalue weighted by molar-refractivity contribution is 0.602. The lowest BCUT2D eigenvalue weighted by atomic mass is 10.1. The molecule has 0 unspecified atom stereocenters. The molecular weight excluding hydrogens is 242 g/mol. The van der Waals surface area contributed by atoms with Crippen molar-refractivity contribution in [1.82, 2.24) is 9.97 Å². The third kappa shape index (κ3) is 2.24. The fourth-order valence-electron chi connectivity index (χ4n) is 1.60. The third-order valence-electron chi connectivity index (χ3n) is 2.47. The van der Waals surface area contributed by atoms with Crippen molar-refractivity contribution in [2.75, 3.05) is 0 Å². The molecule has 1 aromatic carbocycles. The van der Waals surface area contributed by atoms with Crippen molar-refractivity contribution in [3.63, 3.8) is 0 Å². The second-order valence-electron chi connectivity index (χ2n) is 3.75. The van der Waals surface area contributed by atoms with Crippen LogP contribution < -0.4 is 0 Å². The topological polar surface area (TPSA) is 28.7 Å². The van der Waals surface area contributed by atoms with Crippen LogP contribution in [0.1, 0.15) is 11.4 Å². The van der Waals surface area contributed by atoms with Crippen LogP contribution in [0.5, 0.6) is 0 Å². The van der Waals surface area contributed by atoms with E-state index in [0.717, 1.165) is 18.2 Å². The minimum Gasteiger partial charge on any atom is -0.343 e. The zero-order valence-electron chi connectivity index (χ0n) is 9.34. The zero-order chi connectivity index (χ0) is 12.6. The van der Waals surface area contributed by atoms with Gasteiger partial charge in [0.15, 0.2) is 0 Å². The molecule has 1 aromatic heterocycles. The van der Waals surface area contributed by atoms with Crippen LogP contribution in [0.15, 0.2) is 18.2 Å². The van der Waals surface area contributed by atoms with Gasteiger partial charge in [-0.15, -0.1) is 0 Å². The second-order valence-corrected chi connectivity index (χ2v) is 4.14. The summed E-state index contributed by atoms with van der Waals surface area (Å²) >= 11 is 5.06. The van der Waals surface area contributed by atoms with Crippen LogP contribution in [0.2, 0.25) is 0 Å². The molecule has 1 N–H and O–H groups in total. The van der Waals surface area contributed by atoms with Gasteiger partial charge in [-0.2, -0.15) is 0 Å².